The molecule has 9 nitrogen and oxygen atoms in total. The van der Waals surface area contributed by atoms with Crippen LogP contribution in [0.5, 0.6) is 0 Å². The molecule has 0 amide bonds. The predicted molar refractivity (Wildman–Crippen MR) is 238 cm³/mol. The van der Waals surface area contributed by atoms with Gasteiger partial charge in [-0.1, -0.05) is 178 Å². The Morgan fingerprint density at radius 1 is 0.544 bits per heavy atom. The van der Waals surface area contributed by atoms with Crippen LogP contribution in [0.25, 0.3) is 0 Å². The Labute approximate surface area is 350 Å². The highest BCUT2D eigenvalue weighted by molar-refractivity contribution is 7.47. The van der Waals surface area contributed by atoms with Crippen molar-refractivity contribution in [1.82, 2.24) is 4.90 Å². The molecule has 0 aliphatic rings. The number of ether oxygens (including phenoxy) is 2. The van der Waals surface area contributed by atoms with Crippen LogP contribution in [0.3, 0.4) is 0 Å². The molecule has 0 aliphatic carbocycles. The van der Waals surface area contributed by atoms with Gasteiger partial charge in [-0.2, -0.15) is 0 Å². The Kier molecular flexibility index (Phi) is 40.6. The van der Waals surface area contributed by atoms with E-state index in [0.717, 1.165) is 38.5 Å². The minimum atomic E-state index is -4.38. The number of carbonyl (C=O) groups is 2. The first-order valence-corrected chi connectivity index (χ1v) is 24.4. The van der Waals surface area contributed by atoms with E-state index in [2.05, 4.69) is 56.4 Å². The highest BCUT2D eigenvalue weighted by Gasteiger charge is 2.26. The van der Waals surface area contributed by atoms with Crippen molar-refractivity contribution in [3.63, 3.8) is 0 Å². The van der Waals surface area contributed by atoms with E-state index in [-0.39, 0.29) is 32.0 Å². The van der Waals surface area contributed by atoms with Crippen LogP contribution >= 0.6 is 7.82 Å². The number of phosphoric ester groups is 1. The third kappa shape index (κ3) is 43.4. The van der Waals surface area contributed by atoms with E-state index in [9.17, 15) is 19.0 Å². The van der Waals surface area contributed by atoms with Crippen molar-refractivity contribution in [2.45, 2.75) is 200 Å². The number of rotatable bonds is 42. The quantitative estimate of drug-likeness (QED) is 0.0278. The van der Waals surface area contributed by atoms with Crippen LogP contribution in [-0.4, -0.2) is 68.3 Å². The van der Waals surface area contributed by atoms with Crippen molar-refractivity contribution in [3.05, 3.63) is 48.6 Å². The molecular formula is C47H86NO8P. The average Bonchev–Trinajstić information content (AvgIpc) is 3.18. The number of carbonyl (C=O) groups excluding carboxylic acids is 2. The Balaban J connectivity index is 4.34. The number of hydrogen-bond donors (Lipinski definition) is 1. The van der Waals surface area contributed by atoms with Gasteiger partial charge in [-0.25, -0.2) is 4.57 Å². The fourth-order valence-corrected chi connectivity index (χ4v) is 6.83. The van der Waals surface area contributed by atoms with E-state index in [4.69, 9.17) is 18.5 Å². The van der Waals surface area contributed by atoms with Crippen molar-refractivity contribution in [1.29, 1.82) is 0 Å². The summed E-state index contributed by atoms with van der Waals surface area (Å²) in [6.45, 7) is 4.24. The van der Waals surface area contributed by atoms with Gasteiger partial charge in [0, 0.05) is 19.4 Å². The molecule has 0 aromatic rings. The maximum atomic E-state index is 12.6. The Bertz CT molecular complexity index is 1090. The molecule has 0 saturated carbocycles. The third-order valence-electron chi connectivity index (χ3n) is 9.64. The first-order valence-electron chi connectivity index (χ1n) is 22.9. The molecule has 57 heavy (non-hydrogen) atoms. The van der Waals surface area contributed by atoms with E-state index in [1.54, 1.807) is 0 Å². The molecule has 0 aromatic heterocycles. The fourth-order valence-electron chi connectivity index (χ4n) is 6.09. The topological polar surface area (TPSA) is 112 Å². The van der Waals surface area contributed by atoms with Crippen LogP contribution in [0.4, 0.5) is 0 Å². The van der Waals surface area contributed by atoms with Gasteiger partial charge in [0.05, 0.1) is 13.2 Å². The number of phosphoric acid groups is 1. The molecule has 1 N–H and O–H groups in total. The fraction of sp³-hybridized carbons (Fsp3) is 0.787. The SMILES string of the molecule is CCCCC/C=C\C/C=C\C/C=C\C/C=C\CCCC(=O)OC(COC(=O)CCCCCCCCCCCCCCCCCCC)COP(=O)(O)OCCN(C)C. The lowest BCUT2D eigenvalue weighted by atomic mass is 10.0. The van der Waals surface area contributed by atoms with Gasteiger partial charge in [-0.05, 0) is 65.5 Å². The smallest absolute Gasteiger partial charge is 0.462 e. The van der Waals surface area contributed by atoms with Gasteiger partial charge in [0.1, 0.15) is 6.61 Å². The highest BCUT2D eigenvalue weighted by Crippen LogP contribution is 2.43. The first kappa shape index (κ1) is 55.0. The second-order valence-electron chi connectivity index (χ2n) is 15.6. The summed E-state index contributed by atoms with van der Waals surface area (Å²) in [5, 5.41) is 0. The van der Waals surface area contributed by atoms with Gasteiger partial charge in [0.15, 0.2) is 6.10 Å². The molecule has 0 rings (SSSR count). The summed E-state index contributed by atoms with van der Waals surface area (Å²) >= 11 is 0. The molecule has 0 bridgehead atoms. The van der Waals surface area contributed by atoms with E-state index in [1.807, 2.05) is 25.1 Å². The maximum Gasteiger partial charge on any atom is 0.472 e. The molecule has 0 aromatic carbocycles. The molecule has 10 heteroatoms. The molecule has 0 radical (unpaired) electrons. The van der Waals surface area contributed by atoms with Crippen molar-refractivity contribution < 1.29 is 37.6 Å². The standard InChI is InChI=1S/C47H86NO8P/c1-5-7-9-11-13-15-17-19-21-23-25-27-29-31-33-35-37-39-46(49)53-43-45(44-55-57(51,52)54-42-41-48(3)4)56-47(50)40-38-36-34-32-30-28-26-24-22-20-18-16-14-12-10-8-6-2/h14,16,20,22,26,28,32,34,45H,5-13,15,17-19,21,23-25,27,29-31,33,35-44H2,1-4H3,(H,51,52)/b16-14-,22-20-,28-26-,34-32-. The van der Waals surface area contributed by atoms with Gasteiger partial charge < -0.3 is 19.3 Å². The van der Waals surface area contributed by atoms with Crippen molar-refractivity contribution in [2.24, 2.45) is 0 Å². The lowest BCUT2D eigenvalue weighted by Gasteiger charge is -2.20. The molecule has 2 atom stereocenters. The Hall–Kier alpha value is -2.03. The molecular weight excluding hydrogens is 737 g/mol. The van der Waals surface area contributed by atoms with Crippen LogP contribution in [0.1, 0.15) is 194 Å². The largest absolute Gasteiger partial charge is 0.472 e. The monoisotopic (exact) mass is 824 g/mol. The van der Waals surface area contributed by atoms with Gasteiger partial charge in [0.2, 0.25) is 0 Å². The predicted octanol–water partition coefficient (Wildman–Crippen LogP) is 13.3. The Morgan fingerprint density at radius 2 is 0.965 bits per heavy atom. The zero-order valence-electron chi connectivity index (χ0n) is 37.0. The summed E-state index contributed by atoms with van der Waals surface area (Å²) in [4.78, 5) is 37.0. The molecule has 0 aliphatic heterocycles. The highest BCUT2D eigenvalue weighted by atomic mass is 31.2. The van der Waals surface area contributed by atoms with E-state index < -0.39 is 26.5 Å². The van der Waals surface area contributed by atoms with Gasteiger partial charge >= 0.3 is 19.8 Å². The maximum absolute atomic E-state index is 12.6. The van der Waals surface area contributed by atoms with Crippen LogP contribution < -0.4 is 0 Å². The lowest BCUT2D eigenvalue weighted by molar-refractivity contribution is -0.161. The molecule has 0 heterocycles. The van der Waals surface area contributed by atoms with Crippen LogP contribution in [0.15, 0.2) is 48.6 Å². The number of allylic oxidation sites excluding steroid dienone is 8. The van der Waals surface area contributed by atoms with Crippen LogP contribution in [-0.2, 0) is 32.7 Å². The van der Waals surface area contributed by atoms with Crippen LogP contribution in [0, 0.1) is 0 Å². The summed E-state index contributed by atoms with van der Waals surface area (Å²) in [6, 6.07) is 0. The molecule has 2 unspecified atom stereocenters. The summed E-state index contributed by atoms with van der Waals surface area (Å²) in [5.41, 5.74) is 0. The second kappa shape index (κ2) is 42.1. The normalized spacial score (nSPS) is 13.8. The second-order valence-corrected chi connectivity index (χ2v) is 17.0. The van der Waals surface area contributed by atoms with Gasteiger partial charge in [0.25, 0.3) is 0 Å². The average molecular weight is 824 g/mol. The number of likely N-dealkylation sites (N-methyl/N-ethyl adjacent to an activating group) is 1. The third-order valence-corrected chi connectivity index (χ3v) is 10.6. The first-order chi connectivity index (χ1) is 27.7. The van der Waals surface area contributed by atoms with Crippen molar-refractivity contribution in [3.8, 4) is 0 Å². The molecule has 0 fully saturated rings. The minimum absolute atomic E-state index is 0.00292. The summed E-state index contributed by atoms with van der Waals surface area (Å²) < 4.78 is 33.4. The summed E-state index contributed by atoms with van der Waals surface area (Å²) in [5.74, 6) is -0.864. The number of nitrogens with zero attached hydrogens (tertiary/aromatic N) is 1. The van der Waals surface area contributed by atoms with Gasteiger partial charge in [-0.3, -0.25) is 18.6 Å². The lowest BCUT2D eigenvalue weighted by Crippen LogP contribution is -2.29. The zero-order chi connectivity index (χ0) is 41.9. The minimum Gasteiger partial charge on any atom is -0.462 e. The number of hydrogen-bond acceptors (Lipinski definition) is 8. The number of unbranched alkanes of at least 4 members (excludes halogenated alkanes) is 20. The van der Waals surface area contributed by atoms with Gasteiger partial charge in [-0.15, -0.1) is 0 Å². The molecule has 0 spiro atoms. The molecule has 0 saturated heterocycles. The number of esters is 2. The zero-order valence-corrected chi connectivity index (χ0v) is 37.9. The van der Waals surface area contributed by atoms with Crippen molar-refractivity contribution in [2.75, 3.05) is 40.5 Å². The van der Waals surface area contributed by atoms with Crippen LogP contribution in [0.2, 0.25) is 0 Å². The van der Waals surface area contributed by atoms with E-state index in [1.165, 1.54) is 116 Å². The van der Waals surface area contributed by atoms with Crippen molar-refractivity contribution >= 4 is 19.8 Å². The summed E-state index contributed by atoms with van der Waals surface area (Å²) in [6.07, 6.45) is 47.3. The molecule has 332 valence electrons. The van der Waals surface area contributed by atoms with E-state index in [0.29, 0.717) is 19.4 Å². The van der Waals surface area contributed by atoms with E-state index >= 15 is 0 Å². The summed E-state index contributed by atoms with van der Waals surface area (Å²) in [7, 11) is -0.738. The Morgan fingerprint density at radius 3 is 1.46 bits per heavy atom.